The second-order valence-electron chi connectivity index (χ2n) is 10.3. The zero-order chi connectivity index (χ0) is 25.3. The van der Waals surface area contributed by atoms with Gasteiger partial charge in [0.1, 0.15) is 0 Å². The first kappa shape index (κ1) is 27.8. The van der Waals surface area contributed by atoms with Crippen LogP contribution in [0.25, 0.3) is 0 Å². The number of hydrogen-bond donors (Lipinski definition) is 3. The van der Waals surface area contributed by atoms with Crippen LogP contribution in [0, 0.1) is 5.92 Å². The van der Waals surface area contributed by atoms with Gasteiger partial charge in [0.25, 0.3) is 5.91 Å². The van der Waals surface area contributed by atoms with Crippen LogP contribution in [0.15, 0.2) is 18.2 Å². The number of likely N-dealkylation sites (N-methyl/N-ethyl adjacent to an activating group) is 1. The maximum Gasteiger partial charge on any atom is 0.317 e. The number of rotatable bonds is 13. The molecule has 0 aromatic heterocycles. The van der Waals surface area contributed by atoms with E-state index in [1.54, 1.807) is 24.1 Å². The molecule has 1 heterocycles. The Hall–Kier alpha value is -1.83. The lowest BCUT2D eigenvalue weighted by atomic mass is 9.82. The van der Waals surface area contributed by atoms with E-state index >= 15 is 0 Å². The molecule has 196 valence electrons. The molecule has 1 unspecified atom stereocenters. The number of urea groups is 1. The van der Waals surface area contributed by atoms with E-state index in [-0.39, 0.29) is 18.0 Å². The molecule has 2 atom stereocenters. The fraction of sp³-hybridized carbons (Fsp3) is 0.704. The van der Waals surface area contributed by atoms with Crippen molar-refractivity contribution < 1.29 is 14.3 Å². The van der Waals surface area contributed by atoms with Crippen molar-refractivity contribution >= 4 is 23.5 Å². The van der Waals surface area contributed by atoms with Crippen molar-refractivity contribution in [3.05, 3.63) is 34.3 Å². The molecular weight excluding hydrogens is 464 g/mol. The molecule has 1 fully saturated rings. The van der Waals surface area contributed by atoms with Gasteiger partial charge in [0, 0.05) is 50.5 Å². The van der Waals surface area contributed by atoms with Crippen LogP contribution in [-0.4, -0.2) is 63.8 Å². The van der Waals surface area contributed by atoms with Crippen molar-refractivity contribution in [1.82, 2.24) is 20.9 Å². The fourth-order valence-corrected chi connectivity index (χ4v) is 5.84. The zero-order valence-corrected chi connectivity index (χ0v) is 22.4. The van der Waals surface area contributed by atoms with E-state index in [0.717, 1.165) is 37.8 Å². The minimum absolute atomic E-state index is 0.0637. The van der Waals surface area contributed by atoms with Crippen molar-refractivity contribution in [2.45, 2.75) is 75.8 Å². The number of ether oxygens (including phenoxy) is 1. The molecule has 3 N–H and O–H groups in total. The van der Waals surface area contributed by atoms with E-state index in [1.165, 1.54) is 32.1 Å². The molecule has 1 saturated carbocycles. The van der Waals surface area contributed by atoms with E-state index in [0.29, 0.717) is 36.1 Å². The molecule has 0 bridgehead atoms. The van der Waals surface area contributed by atoms with Crippen LogP contribution in [0.5, 0.6) is 0 Å². The molecule has 2 aliphatic rings. The number of unbranched alkanes of at least 4 members (excludes halogenated alkanes) is 1. The third-order valence-electron chi connectivity index (χ3n) is 7.64. The second kappa shape index (κ2) is 13.5. The summed E-state index contributed by atoms with van der Waals surface area (Å²) >= 11 is 6.32. The summed E-state index contributed by atoms with van der Waals surface area (Å²) < 4.78 is 5.22. The van der Waals surface area contributed by atoms with Gasteiger partial charge in [-0.25, -0.2) is 4.79 Å². The first-order valence-corrected chi connectivity index (χ1v) is 13.5. The maximum atomic E-state index is 13.1. The number of methoxy groups -OCH3 is 1. The number of carbonyl (C=O) groups is 2. The number of fused-ring (bicyclic) bond motifs is 1. The number of nitrogens with zero attached hydrogens (tertiary/aromatic N) is 1. The number of benzene rings is 1. The molecule has 1 aliphatic heterocycles. The molecule has 3 rings (SSSR count). The van der Waals surface area contributed by atoms with Gasteiger partial charge >= 0.3 is 6.03 Å². The highest BCUT2D eigenvalue weighted by molar-refractivity contribution is 6.30. The monoisotopic (exact) mass is 506 g/mol. The topological polar surface area (TPSA) is 82.7 Å². The highest BCUT2D eigenvalue weighted by Gasteiger charge is 2.42. The third kappa shape index (κ3) is 7.58. The summed E-state index contributed by atoms with van der Waals surface area (Å²) in [5.41, 5.74) is 1.08. The van der Waals surface area contributed by atoms with Crippen LogP contribution in [0.4, 0.5) is 4.79 Å². The minimum Gasteiger partial charge on any atom is -0.385 e. The Morgan fingerprint density at radius 2 is 2.03 bits per heavy atom. The predicted molar refractivity (Wildman–Crippen MR) is 141 cm³/mol. The van der Waals surface area contributed by atoms with E-state index in [1.807, 2.05) is 20.2 Å². The van der Waals surface area contributed by atoms with Crippen molar-refractivity contribution in [2.24, 2.45) is 5.92 Å². The van der Waals surface area contributed by atoms with Gasteiger partial charge in [-0.15, -0.1) is 0 Å². The Labute approximate surface area is 215 Å². The van der Waals surface area contributed by atoms with Crippen LogP contribution >= 0.6 is 11.6 Å². The third-order valence-corrected chi connectivity index (χ3v) is 7.87. The standard InChI is InChI=1S/C27H43ClN4O3/c1-29-19-22(17-20-9-5-4-6-10-20)30-26(34)32(2)15-14-27(13-7-8-16-35-3)24-18-21(28)11-12-23(24)25(33)31-27/h11-12,18,20,22,29H,4-10,13-17,19H2,1-3H3,(H,30,34)(H,31,33)/t22?,27-/m0/s1. The summed E-state index contributed by atoms with van der Waals surface area (Å²) in [5.74, 6) is 0.620. The Kier molecular flexibility index (Phi) is 10.7. The van der Waals surface area contributed by atoms with Crippen LogP contribution < -0.4 is 16.0 Å². The highest BCUT2D eigenvalue weighted by Crippen LogP contribution is 2.39. The number of carbonyl (C=O) groups excluding carboxylic acids is 2. The number of nitrogens with one attached hydrogen (secondary N) is 3. The van der Waals surface area contributed by atoms with Gasteiger partial charge in [-0.3, -0.25) is 4.79 Å². The molecule has 0 radical (unpaired) electrons. The van der Waals surface area contributed by atoms with Crippen LogP contribution in [0.3, 0.4) is 0 Å². The molecule has 8 heteroatoms. The summed E-state index contributed by atoms with van der Waals surface area (Å²) in [7, 11) is 5.47. The van der Waals surface area contributed by atoms with Gasteiger partial charge < -0.3 is 25.6 Å². The SMILES string of the molecule is CNCC(CC1CCCCC1)NC(=O)N(C)CC[C@]1(CCCCOC)NC(=O)c2ccc(Cl)cc21. The van der Waals surface area contributed by atoms with Gasteiger partial charge in [0.15, 0.2) is 0 Å². The number of halogens is 1. The summed E-state index contributed by atoms with van der Waals surface area (Å²) in [6, 6.07) is 5.51. The molecule has 3 amide bonds. The van der Waals surface area contributed by atoms with E-state index in [9.17, 15) is 9.59 Å². The largest absolute Gasteiger partial charge is 0.385 e. The Morgan fingerprint density at radius 1 is 1.26 bits per heavy atom. The summed E-state index contributed by atoms with van der Waals surface area (Å²) in [6.07, 6.45) is 10.7. The van der Waals surface area contributed by atoms with Crippen LogP contribution in [0.1, 0.15) is 80.1 Å². The molecule has 1 aromatic carbocycles. The van der Waals surface area contributed by atoms with E-state index in [2.05, 4.69) is 16.0 Å². The average molecular weight is 507 g/mol. The van der Waals surface area contributed by atoms with Crippen molar-refractivity contribution in [3.63, 3.8) is 0 Å². The minimum atomic E-state index is -0.536. The zero-order valence-electron chi connectivity index (χ0n) is 21.6. The van der Waals surface area contributed by atoms with Gasteiger partial charge in [0.2, 0.25) is 0 Å². The maximum absolute atomic E-state index is 13.1. The van der Waals surface area contributed by atoms with E-state index < -0.39 is 5.54 Å². The van der Waals surface area contributed by atoms with Crippen molar-refractivity contribution in [1.29, 1.82) is 0 Å². The molecule has 35 heavy (non-hydrogen) atoms. The van der Waals surface area contributed by atoms with Gasteiger partial charge in [0.05, 0.1) is 5.54 Å². The lowest BCUT2D eigenvalue weighted by Gasteiger charge is -2.33. The van der Waals surface area contributed by atoms with Crippen LogP contribution in [-0.2, 0) is 10.3 Å². The summed E-state index contributed by atoms with van der Waals surface area (Å²) in [4.78, 5) is 27.6. The number of amides is 3. The van der Waals surface area contributed by atoms with Crippen molar-refractivity contribution in [2.75, 3.05) is 40.9 Å². The lowest BCUT2D eigenvalue weighted by Crippen LogP contribution is -2.49. The van der Waals surface area contributed by atoms with Crippen LogP contribution in [0.2, 0.25) is 5.02 Å². The fourth-order valence-electron chi connectivity index (χ4n) is 5.66. The molecule has 0 saturated heterocycles. The quantitative estimate of drug-likeness (QED) is 0.339. The Bertz CT molecular complexity index is 846. The first-order chi connectivity index (χ1) is 16.9. The van der Waals surface area contributed by atoms with Gasteiger partial charge in [-0.05, 0) is 68.8 Å². The average Bonchev–Trinajstić information content (AvgIpc) is 3.12. The Morgan fingerprint density at radius 3 is 2.74 bits per heavy atom. The van der Waals surface area contributed by atoms with Crippen molar-refractivity contribution in [3.8, 4) is 0 Å². The predicted octanol–water partition coefficient (Wildman–Crippen LogP) is 4.69. The molecule has 1 aliphatic carbocycles. The highest BCUT2D eigenvalue weighted by atomic mass is 35.5. The summed E-state index contributed by atoms with van der Waals surface area (Å²) in [5, 5.41) is 10.3. The molecule has 1 aromatic rings. The summed E-state index contributed by atoms with van der Waals surface area (Å²) in [6.45, 7) is 1.97. The molecular formula is C27H43ClN4O3. The number of hydrogen-bond acceptors (Lipinski definition) is 4. The van der Waals surface area contributed by atoms with Gasteiger partial charge in [-0.1, -0.05) is 43.7 Å². The molecule has 0 spiro atoms. The van der Waals surface area contributed by atoms with Gasteiger partial charge in [-0.2, -0.15) is 0 Å². The Balaban J connectivity index is 1.64. The smallest absolute Gasteiger partial charge is 0.317 e. The lowest BCUT2D eigenvalue weighted by molar-refractivity contribution is 0.0914. The first-order valence-electron chi connectivity index (χ1n) is 13.2. The normalized spacial score (nSPS) is 20.9. The van der Waals surface area contributed by atoms with E-state index in [4.69, 9.17) is 16.3 Å². The molecule has 7 nitrogen and oxygen atoms in total. The second-order valence-corrected chi connectivity index (χ2v) is 10.7.